The molecule has 3 atom stereocenters. The normalized spacial score (nSPS) is 30.2. The average molecular weight is 464 g/mol. The van der Waals surface area contributed by atoms with Gasteiger partial charge >= 0.3 is 0 Å². The summed E-state index contributed by atoms with van der Waals surface area (Å²) in [5.41, 5.74) is 0.0679. The summed E-state index contributed by atoms with van der Waals surface area (Å²) in [6, 6.07) is 0.421. The molecule has 0 aromatic rings. The molecular formula is C18H33IN4O2. The first kappa shape index (κ1) is 20.7. The van der Waals surface area contributed by atoms with Crippen LogP contribution in [0.5, 0.6) is 0 Å². The number of hydrogen-bond donors (Lipinski definition) is 3. The van der Waals surface area contributed by atoms with E-state index in [9.17, 15) is 4.79 Å². The van der Waals surface area contributed by atoms with Crippen LogP contribution < -0.4 is 16.0 Å². The maximum Gasteiger partial charge on any atom is 0.239 e. The van der Waals surface area contributed by atoms with Crippen LogP contribution in [-0.2, 0) is 9.53 Å². The van der Waals surface area contributed by atoms with E-state index in [0.29, 0.717) is 18.1 Å². The Labute approximate surface area is 168 Å². The summed E-state index contributed by atoms with van der Waals surface area (Å²) < 4.78 is 6.02. The molecule has 3 unspecified atom stereocenters. The SMILES string of the molecule is CN=C(NCC(=O)NC(C)(C)C)NC1C2CCOC2C12CCCC2.I. The maximum absolute atomic E-state index is 12.0. The van der Waals surface area contributed by atoms with Crippen molar-refractivity contribution in [2.75, 3.05) is 20.2 Å². The lowest BCUT2D eigenvalue weighted by Crippen LogP contribution is -2.69. The van der Waals surface area contributed by atoms with Gasteiger partial charge in [-0.3, -0.25) is 9.79 Å². The van der Waals surface area contributed by atoms with Crippen LogP contribution >= 0.6 is 24.0 Å². The Morgan fingerprint density at radius 3 is 2.56 bits per heavy atom. The second-order valence-electron chi connectivity index (χ2n) is 8.53. The average Bonchev–Trinajstić information content (AvgIpc) is 3.13. The Morgan fingerprint density at radius 2 is 1.96 bits per heavy atom. The van der Waals surface area contributed by atoms with E-state index in [1.165, 1.54) is 25.7 Å². The minimum Gasteiger partial charge on any atom is -0.377 e. The van der Waals surface area contributed by atoms with Crippen molar-refractivity contribution in [3.8, 4) is 0 Å². The Bertz CT molecular complexity index is 512. The molecule has 0 aromatic carbocycles. The van der Waals surface area contributed by atoms with Gasteiger partial charge in [-0.25, -0.2) is 0 Å². The summed E-state index contributed by atoms with van der Waals surface area (Å²) in [5, 5.41) is 9.73. The standard InChI is InChI=1S/C18H32N4O2.HI/c1-17(2,3)22-13(23)11-20-16(19-4)21-14-12-7-10-24-15(12)18(14)8-5-6-9-18;/h12,14-15H,5-11H2,1-4H3,(H,22,23)(H2,19,20,21);1H. The predicted molar refractivity (Wildman–Crippen MR) is 110 cm³/mol. The molecule has 144 valence electrons. The number of aliphatic imine (C=N–C) groups is 1. The van der Waals surface area contributed by atoms with Gasteiger partial charge in [-0.15, -0.1) is 24.0 Å². The minimum absolute atomic E-state index is 0. The lowest BCUT2D eigenvalue weighted by molar-refractivity contribution is -0.125. The van der Waals surface area contributed by atoms with Crippen molar-refractivity contribution < 1.29 is 9.53 Å². The summed E-state index contributed by atoms with van der Waals surface area (Å²) in [6.45, 7) is 7.07. The van der Waals surface area contributed by atoms with Crippen LogP contribution in [0.2, 0.25) is 0 Å². The molecule has 7 heteroatoms. The van der Waals surface area contributed by atoms with Gasteiger partial charge in [-0.2, -0.15) is 0 Å². The number of amides is 1. The van der Waals surface area contributed by atoms with E-state index in [0.717, 1.165) is 19.0 Å². The van der Waals surface area contributed by atoms with Crippen molar-refractivity contribution in [3.05, 3.63) is 0 Å². The molecule has 3 aliphatic rings. The van der Waals surface area contributed by atoms with Gasteiger partial charge < -0.3 is 20.7 Å². The number of halogens is 1. The molecule has 25 heavy (non-hydrogen) atoms. The Hall–Kier alpha value is -0.570. The van der Waals surface area contributed by atoms with Crippen LogP contribution in [0.25, 0.3) is 0 Å². The van der Waals surface area contributed by atoms with Gasteiger partial charge in [-0.1, -0.05) is 12.8 Å². The Kier molecular flexibility index (Phi) is 6.62. The van der Waals surface area contributed by atoms with Gasteiger partial charge in [0.2, 0.25) is 5.91 Å². The molecule has 0 aromatic heterocycles. The number of nitrogens with one attached hydrogen (secondary N) is 3. The zero-order chi connectivity index (χ0) is 17.4. The molecule has 2 aliphatic carbocycles. The van der Waals surface area contributed by atoms with E-state index in [4.69, 9.17) is 4.74 Å². The Balaban J connectivity index is 0.00000225. The van der Waals surface area contributed by atoms with E-state index in [-0.39, 0.29) is 47.4 Å². The predicted octanol–water partition coefficient (Wildman–Crippen LogP) is 2.03. The molecule has 6 nitrogen and oxygen atoms in total. The summed E-state index contributed by atoms with van der Waals surface area (Å²) in [5.74, 6) is 1.29. The van der Waals surface area contributed by atoms with Crippen LogP contribution in [0.1, 0.15) is 52.9 Å². The number of rotatable bonds is 3. The number of fused-ring (bicyclic) bond motifs is 2. The third kappa shape index (κ3) is 4.23. The molecule has 2 saturated carbocycles. The largest absolute Gasteiger partial charge is 0.377 e. The van der Waals surface area contributed by atoms with Crippen LogP contribution in [0, 0.1) is 11.3 Å². The third-order valence-corrected chi connectivity index (χ3v) is 5.73. The van der Waals surface area contributed by atoms with Crippen LogP contribution in [0.3, 0.4) is 0 Å². The molecule has 1 aliphatic heterocycles. The molecule has 3 fully saturated rings. The van der Waals surface area contributed by atoms with Crippen molar-refractivity contribution in [2.24, 2.45) is 16.3 Å². The number of hydrogen-bond acceptors (Lipinski definition) is 3. The fourth-order valence-corrected chi connectivity index (χ4v) is 4.87. The zero-order valence-electron chi connectivity index (χ0n) is 15.9. The maximum atomic E-state index is 12.0. The van der Waals surface area contributed by atoms with E-state index >= 15 is 0 Å². The topological polar surface area (TPSA) is 74.8 Å². The molecule has 3 N–H and O–H groups in total. The molecule has 1 spiro atoms. The molecule has 1 heterocycles. The van der Waals surface area contributed by atoms with Gasteiger partial charge in [-0.05, 0) is 40.0 Å². The molecule has 0 bridgehead atoms. The fourth-order valence-electron chi connectivity index (χ4n) is 4.87. The smallest absolute Gasteiger partial charge is 0.239 e. The first-order chi connectivity index (χ1) is 11.4. The van der Waals surface area contributed by atoms with Crippen molar-refractivity contribution in [3.63, 3.8) is 0 Å². The lowest BCUT2D eigenvalue weighted by Gasteiger charge is -2.57. The fraction of sp³-hybridized carbons (Fsp3) is 0.889. The van der Waals surface area contributed by atoms with E-state index < -0.39 is 0 Å². The number of guanidine groups is 1. The van der Waals surface area contributed by atoms with Crippen molar-refractivity contribution in [2.45, 2.75) is 70.6 Å². The van der Waals surface area contributed by atoms with Gasteiger partial charge in [0.15, 0.2) is 5.96 Å². The summed E-state index contributed by atoms with van der Waals surface area (Å²) in [7, 11) is 1.76. The Morgan fingerprint density at radius 1 is 1.28 bits per heavy atom. The van der Waals surface area contributed by atoms with Crippen LogP contribution in [0.4, 0.5) is 0 Å². The van der Waals surface area contributed by atoms with Crippen molar-refractivity contribution >= 4 is 35.8 Å². The summed E-state index contributed by atoms with van der Waals surface area (Å²) in [6.07, 6.45) is 6.64. The number of nitrogens with zero attached hydrogens (tertiary/aromatic N) is 1. The highest BCUT2D eigenvalue weighted by Gasteiger charge is 2.65. The first-order valence-corrected chi connectivity index (χ1v) is 9.25. The number of ether oxygens (including phenoxy) is 1. The third-order valence-electron chi connectivity index (χ3n) is 5.73. The van der Waals surface area contributed by atoms with E-state index in [2.05, 4.69) is 20.9 Å². The molecule has 0 radical (unpaired) electrons. The lowest BCUT2D eigenvalue weighted by atomic mass is 9.54. The van der Waals surface area contributed by atoms with E-state index in [1.54, 1.807) is 7.05 Å². The molecule has 1 saturated heterocycles. The van der Waals surface area contributed by atoms with Crippen molar-refractivity contribution in [1.82, 2.24) is 16.0 Å². The molecule has 3 rings (SSSR count). The molecule has 1 amide bonds. The highest BCUT2D eigenvalue weighted by molar-refractivity contribution is 14.0. The highest BCUT2D eigenvalue weighted by Crippen LogP contribution is 2.60. The van der Waals surface area contributed by atoms with E-state index in [1.807, 2.05) is 20.8 Å². The second-order valence-corrected chi connectivity index (χ2v) is 8.53. The van der Waals surface area contributed by atoms with Gasteiger partial charge in [0.25, 0.3) is 0 Å². The molecular weight excluding hydrogens is 431 g/mol. The van der Waals surface area contributed by atoms with Crippen LogP contribution in [0.15, 0.2) is 4.99 Å². The monoisotopic (exact) mass is 464 g/mol. The second kappa shape index (κ2) is 7.98. The van der Waals surface area contributed by atoms with Crippen LogP contribution in [-0.4, -0.2) is 49.8 Å². The summed E-state index contributed by atoms with van der Waals surface area (Å²) >= 11 is 0. The van der Waals surface area contributed by atoms with Gasteiger partial charge in [0.1, 0.15) is 0 Å². The first-order valence-electron chi connectivity index (χ1n) is 9.25. The van der Waals surface area contributed by atoms with Gasteiger partial charge in [0.05, 0.1) is 12.6 Å². The number of carbonyl (C=O) groups is 1. The van der Waals surface area contributed by atoms with Gasteiger partial charge in [0, 0.05) is 36.6 Å². The highest BCUT2D eigenvalue weighted by atomic mass is 127. The number of carbonyl (C=O) groups excluding carboxylic acids is 1. The minimum atomic E-state index is -0.216. The zero-order valence-corrected chi connectivity index (χ0v) is 18.2. The quantitative estimate of drug-likeness (QED) is 0.340. The van der Waals surface area contributed by atoms with Crippen molar-refractivity contribution in [1.29, 1.82) is 0 Å². The summed E-state index contributed by atoms with van der Waals surface area (Å²) in [4.78, 5) is 16.3.